The lowest BCUT2D eigenvalue weighted by molar-refractivity contribution is -0.0160. The molecule has 0 radical (unpaired) electrons. The maximum absolute atomic E-state index is 10.7. The minimum absolute atomic E-state index is 0.149. The van der Waals surface area contributed by atoms with Crippen LogP contribution < -0.4 is 0 Å². The van der Waals surface area contributed by atoms with E-state index in [-0.39, 0.29) is 16.9 Å². The lowest BCUT2D eigenvalue weighted by atomic mass is 9.47. The fraction of sp³-hybridized carbons (Fsp3) is 0.900. The number of rotatable bonds is 3. The molecule has 1 saturated carbocycles. The number of hydrogen-bond acceptors (Lipinski definition) is 2. The molecule has 0 heterocycles. The second-order valence-corrected chi connectivity index (χ2v) is 9.54. The number of aliphatic hydroxyl groups excluding tert-OH is 1. The fourth-order valence-electron chi connectivity index (χ4n) is 5.63. The van der Waals surface area contributed by atoms with Crippen molar-refractivity contribution in [2.75, 3.05) is 0 Å². The molecule has 0 aromatic heterocycles. The Morgan fingerprint density at radius 3 is 2.50 bits per heavy atom. The van der Waals surface area contributed by atoms with E-state index in [0.717, 1.165) is 25.7 Å². The van der Waals surface area contributed by atoms with Gasteiger partial charge in [0.15, 0.2) is 0 Å². The molecule has 0 aliphatic heterocycles. The standard InChI is InChI=1S/C20H34O2/c1-13-6-7-15-17(20(13,5)11-10-18(2,3)22)14-8-9-19(15,4)12-16(14)21/h13-14,16,21-22H,6-12H2,1-5H3/t13-,14+,16-,19-,20+/m1/s1. The topological polar surface area (TPSA) is 40.5 Å². The first-order valence-corrected chi connectivity index (χ1v) is 9.21. The average Bonchev–Trinajstić information content (AvgIpc) is 2.40. The lowest BCUT2D eigenvalue weighted by Crippen LogP contribution is -2.51. The van der Waals surface area contributed by atoms with Crippen molar-refractivity contribution >= 4 is 0 Å². The normalized spacial score (nSPS) is 45.1. The summed E-state index contributed by atoms with van der Waals surface area (Å²) in [5, 5.41) is 20.9. The van der Waals surface area contributed by atoms with Crippen LogP contribution in [-0.4, -0.2) is 21.9 Å². The highest BCUT2D eigenvalue weighted by atomic mass is 16.3. The Balaban J connectivity index is 2.01. The summed E-state index contributed by atoms with van der Waals surface area (Å²) in [5.41, 5.74) is 3.08. The molecule has 0 amide bonds. The van der Waals surface area contributed by atoms with Crippen molar-refractivity contribution in [1.29, 1.82) is 0 Å². The molecule has 4 rings (SSSR count). The molecule has 126 valence electrons. The van der Waals surface area contributed by atoms with Gasteiger partial charge in [-0.15, -0.1) is 0 Å². The Kier molecular flexibility index (Phi) is 3.81. The molecule has 5 atom stereocenters. The zero-order chi connectivity index (χ0) is 16.3. The van der Waals surface area contributed by atoms with Crippen LogP contribution in [0.3, 0.4) is 0 Å². The Bertz CT molecular complexity index is 486. The predicted molar refractivity (Wildman–Crippen MR) is 90.5 cm³/mol. The highest BCUT2D eigenvalue weighted by molar-refractivity contribution is 5.38. The maximum Gasteiger partial charge on any atom is 0.0614 e. The van der Waals surface area contributed by atoms with E-state index in [1.165, 1.54) is 19.3 Å². The largest absolute Gasteiger partial charge is 0.392 e. The van der Waals surface area contributed by atoms with Crippen molar-refractivity contribution < 1.29 is 10.2 Å². The van der Waals surface area contributed by atoms with Gasteiger partial charge in [-0.25, -0.2) is 0 Å². The van der Waals surface area contributed by atoms with Gasteiger partial charge in [-0.2, -0.15) is 0 Å². The third kappa shape index (κ3) is 2.47. The van der Waals surface area contributed by atoms with E-state index < -0.39 is 5.60 Å². The van der Waals surface area contributed by atoms with Gasteiger partial charge in [0, 0.05) is 5.92 Å². The molecule has 0 saturated heterocycles. The van der Waals surface area contributed by atoms with Gasteiger partial charge in [-0.1, -0.05) is 31.9 Å². The average molecular weight is 306 g/mol. The summed E-state index contributed by atoms with van der Waals surface area (Å²) in [6.07, 6.45) is 7.59. The van der Waals surface area contributed by atoms with Gasteiger partial charge in [0.05, 0.1) is 11.7 Å². The minimum atomic E-state index is -0.600. The molecule has 2 N–H and O–H groups in total. The summed E-state index contributed by atoms with van der Waals surface area (Å²) in [5.74, 6) is 1.02. The molecule has 4 aliphatic carbocycles. The van der Waals surface area contributed by atoms with Crippen LogP contribution in [0, 0.1) is 22.7 Å². The smallest absolute Gasteiger partial charge is 0.0614 e. The van der Waals surface area contributed by atoms with Crippen LogP contribution in [0.4, 0.5) is 0 Å². The van der Waals surface area contributed by atoms with E-state index in [1.807, 2.05) is 13.8 Å². The monoisotopic (exact) mass is 306 g/mol. The molecule has 2 bridgehead atoms. The maximum atomic E-state index is 10.7. The van der Waals surface area contributed by atoms with Crippen molar-refractivity contribution in [3.63, 3.8) is 0 Å². The van der Waals surface area contributed by atoms with Crippen LogP contribution in [-0.2, 0) is 0 Å². The van der Waals surface area contributed by atoms with Crippen molar-refractivity contribution in [2.45, 2.75) is 91.3 Å². The summed E-state index contributed by atoms with van der Waals surface area (Å²) in [7, 11) is 0. The van der Waals surface area contributed by atoms with Gasteiger partial charge >= 0.3 is 0 Å². The molecule has 0 aromatic rings. The molecule has 2 nitrogen and oxygen atoms in total. The zero-order valence-electron chi connectivity index (χ0n) is 15.1. The Hall–Kier alpha value is -0.340. The first-order valence-electron chi connectivity index (χ1n) is 9.21. The van der Waals surface area contributed by atoms with Crippen LogP contribution in [0.25, 0.3) is 0 Å². The number of hydrogen-bond donors (Lipinski definition) is 2. The summed E-state index contributed by atoms with van der Waals surface area (Å²) in [6.45, 7) is 11.0. The summed E-state index contributed by atoms with van der Waals surface area (Å²) in [4.78, 5) is 0. The lowest BCUT2D eigenvalue weighted by Gasteiger charge is -2.58. The van der Waals surface area contributed by atoms with Gasteiger partial charge in [0.2, 0.25) is 0 Å². The van der Waals surface area contributed by atoms with Crippen molar-refractivity contribution in [3.05, 3.63) is 11.1 Å². The number of fused-ring (bicyclic) bond motifs is 2. The van der Waals surface area contributed by atoms with E-state index in [2.05, 4.69) is 20.8 Å². The first-order chi connectivity index (χ1) is 10.1. The van der Waals surface area contributed by atoms with E-state index >= 15 is 0 Å². The minimum Gasteiger partial charge on any atom is -0.392 e. The summed E-state index contributed by atoms with van der Waals surface area (Å²) in [6, 6.07) is 0. The zero-order valence-corrected chi connectivity index (χ0v) is 15.1. The highest BCUT2D eigenvalue weighted by Crippen LogP contribution is 2.63. The number of aliphatic hydroxyl groups is 2. The van der Waals surface area contributed by atoms with Gasteiger partial charge in [0.25, 0.3) is 0 Å². The second kappa shape index (κ2) is 5.08. The van der Waals surface area contributed by atoms with Crippen molar-refractivity contribution in [1.82, 2.24) is 0 Å². The van der Waals surface area contributed by atoms with Crippen molar-refractivity contribution in [2.24, 2.45) is 22.7 Å². The third-order valence-electron chi connectivity index (χ3n) is 7.34. The summed E-state index contributed by atoms with van der Waals surface area (Å²) < 4.78 is 0. The van der Waals surface area contributed by atoms with Gasteiger partial charge < -0.3 is 10.2 Å². The molecule has 2 heteroatoms. The van der Waals surface area contributed by atoms with Crippen LogP contribution in [0.15, 0.2) is 11.1 Å². The van der Waals surface area contributed by atoms with E-state index in [9.17, 15) is 10.2 Å². The molecule has 22 heavy (non-hydrogen) atoms. The van der Waals surface area contributed by atoms with E-state index in [1.54, 1.807) is 11.1 Å². The quantitative estimate of drug-likeness (QED) is 0.756. The van der Waals surface area contributed by atoms with Gasteiger partial charge in [-0.05, 0) is 75.5 Å². The van der Waals surface area contributed by atoms with Gasteiger partial charge in [0.1, 0.15) is 0 Å². The SMILES string of the molecule is C[C@@H]1CCC2=C([C@H]3CC[C@]2(C)C[C@H]3O)[C@@]1(C)CCC(C)(C)O. The molecular weight excluding hydrogens is 272 g/mol. The Morgan fingerprint density at radius 2 is 1.91 bits per heavy atom. The van der Waals surface area contributed by atoms with Gasteiger partial charge in [-0.3, -0.25) is 0 Å². The molecule has 0 unspecified atom stereocenters. The van der Waals surface area contributed by atoms with Crippen LogP contribution >= 0.6 is 0 Å². The van der Waals surface area contributed by atoms with E-state index in [0.29, 0.717) is 11.8 Å². The molecule has 1 fully saturated rings. The third-order valence-corrected chi connectivity index (χ3v) is 7.34. The predicted octanol–water partition coefficient (Wildman–Crippen LogP) is 4.45. The molecule has 4 aliphatic rings. The van der Waals surface area contributed by atoms with Crippen LogP contribution in [0.5, 0.6) is 0 Å². The van der Waals surface area contributed by atoms with Crippen LogP contribution in [0.2, 0.25) is 0 Å². The van der Waals surface area contributed by atoms with Crippen molar-refractivity contribution in [3.8, 4) is 0 Å². The molecular formula is C20H34O2. The fourth-order valence-corrected chi connectivity index (χ4v) is 5.63. The highest BCUT2D eigenvalue weighted by Gasteiger charge is 2.54. The molecule has 0 aromatic carbocycles. The van der Waals surface area contributed by atoms with Crippen LogP contribution in [0.1, 0.15) is 79.6 Å². The first kappa shape index (κ1) is 16.5. The molecule has 0 spiro atoms. The van der Waals surface area contributed by atoms with E-state index in [4.69, 9.17) is 0 Å². The number of allylic oxidation sites excluding steroid dienone is 1. The second-order valence-electron chi connectivity index (χ2n) is 9.54. The summed E-state index contributed by atoms with van der Waals surface area (Å²) >= 11 is 0. The Morgan fingerprint density at radius 1 is 1.23 bits per heavy atom. The Labute approximate surface area is 136 Å².